The van der Waals surface area contributed by atoms with E-state index in [9.17, 15) is 4.79 Å². The molecule has 1 atom stereocenters. The third-order valence-electron chi connectivity index (χ3n) is 2.05. The summed E-state index contributed by atoms with van der Waals surface area (Å²) in [6.07, 6.45) is 0. The lowest BCUT2D eigenvalue weighted by Crippen LogP contribution is -2.11. The van der Waals surface area contributed by atoms with Gasteiger partial charge in [-0.3, -0.25) is 4.79 Å². The molecule has 1 unspecified atom stereocenters. The first kappa shape index (κ1) is 13.0. The molecule has 0 fully saturated rings. The maximum Gasteiger partial charge on any atom is 0.328 e. The number of halogens is 1. The number of alkyl halides is 1. The van der Waals surface area contributed by atoms with E-state index in [-0.39, 0.29) is 0 Å². The first-order chi connectivity index (χ1) is 7.69. The van der Waals surface area contributed by atoms with Crippen molar-refractivity contribution in [1.82, 2.24) is 0 Å². The summed E-state index contributed by atoms with van der Waals surface area (Å²) in [6.45, 7) is 2.59. The van der Waals surface area contributed by atoms with Gasteiger partial charge in [0.15, 0.2) is 5.38 Å². The van der Waals surface area contributed by atoms with E-state index in [0.29, 0.717) is 13.2 Å². The SMILES string of the molecule is CCOC(=O)C(Cl)c1cccc(COC)c1. The number of esters is 1. The lowest BCUT2D eigenvalue weighted by atomic mass is 10.1. The Hall–Kier alpha value is -1.06. The van der Waals surface area contributed by atoms with Gasteiger partial charge in [0.05, 0.1) is 13.2 Å². The van der Waals surface area contributed by atoms with Gasteiger partial charge in [0.1, 0.15) is 0 Å². The minimum absolute atomic E-state index is 0.333. The maximum atomic E-state index is 11.4. The van der Waals surface area contributed by atoms with Gasteiger partial charge in [-0.2, -0.15) is 0 Å². The smallest absolute Gasteiger partial charge is 0.328 e. The monoisotopic (exact) mass is 242 g/mol. The zero-order valence-electron chi connectivity index (χ0n) is 9.40. The van der Waals surface area contributed by atoms with E-state index in [4.69, 9.17) is 21.1 Å². The second kappa shape index (κ2) is 6.51. The first-order valence-electron chi connectivity index (χ1n) is 5.07. The summed E-state index contributed by atoms with van der Waals surface area (Å²) < 4.78 is 9.87. The van der Waals surface area contributed by atoms with Crippen molar-refractivity contribution in [3.8, 4) is 0 Å². The minimum Gasteiger partial charge on any atom is -0.465 e. The fourth-order valence-corrected chi connectivity index (χ4v) is 1.56. The van der Waals surface area contributed by atoms with Crippen LogP contribution in [0.5, 0.6) is 0 Å². The third kappa shape index (κ3) is 3.51. The quantitative estimate of drug-likeness (QED) is 0.588. The van der Waals surface area contributed by atoms with Crippen molar-refractivity contribution in [1.29, 1.82) is 0 Å². The molecule has 4 heteroatoms. The van der Waals surface area contributed by atoms with Gasteiger partial charge in [0, 0.05) is 7.11 Å². The van der Waals surface area contributed by atoms with Gasteiger partial charge in [-0.15, -0.1) is 11.6 Å². The largest absolute Gasteiger partial charge is 0.465 e. The molecule has 0 aliphatic rings. The van der Waals surface area contributed by atoms with Gasteiger partial charge in [-0.05, 0) is 18.1 Å². The van der Waals surface area contributed by atoms with Crippen molar-refractivity contribution in [3.63, 3.8) is 0 Å². The van der Waals surface area contributed by atoms with Crippen molar-refractivity contribution in [2.45, 2.75) is 18.9 Å². The second-order valence-electron chi connectivity index (χ2n) is 3.29. The van der Waals surface area contributed by atoms with Crippen molar-refractivity contribution in [3.05, 3.63) is 35.4 Å². The molecule has 3 nitrogen and oxygen atoms in total. The predicted octanol–water partition coefficient (Wildman–Crippen LogP) is 2.68. The summed E-state index contributed by atoms with van der Waals surface area (Å²) in [6, 6.07) is 7.41. The number of methoxy groups -OCH3 is 1. The second-order valence-corrected chi connectivity index (χ2v) is 3.73. The molecule has 1 aromatic carbocycles. The number of ether oxygens (including phenoxy) is 2. The lowest BCUT2D eigenvalue weighted by molar-refractivity contribution is -0.142. The van der Waals surface area contributed by atoms with E-state index in [1.54, 1.807) is 20.1 Å². The molecule has 1 aromatic rings. The third-order valence-corrected chi connectivity index (χ3v) is 2.48. The van der Waals surface area contributed by atoms with Crippen molar-refractivity contribution in [2.75, 3.05) is 13.7 Å². The van der Waals surface area contributed by atoms with E-state index < -0.39 is 11.3 Å². The molecule has 0 bridgehead atoms. The molecule has 88 valence electrons. The van der Waals surface area contributed by atoms with E-state index >= 15 is 0 Å². The molecule has 16 heavy (non-hydrogen) atoms. The minimum atomic E-state index is -0.753. The molecule has 0 saturated heterocycles. The Kier molecular flexibility index (Phi) is 5.29. The van der Waals surface area contributed by atoms with Crippen LogP contribution >= 0.6 is 11.6 Å². The van der Waals surface area contributed by atoms with E-state index in [2.05, 4.69) is 0 Å². The van der Waals surface area contributed by atoms with Crippen LogP contribution < -0.4 is 0 Å². The summed E-state index contributed by atoms with van der Waals surface area (Å²) in [5, 5.41) is -0.753. The van der Waals surface area contributed by atoms with Crippen LogP contribution in [-0.2, 0) is 20.9 Å². The Morgan fingerprint density at radius 3 is 2.88 bits per heavy atom. The summed E-state index contributed by atoms with van der Waals surface area (Å²) in [7, 11) is 1.62. The number of hydrogen-bond acceptors (Lipinski definition) is 3. The molecule has 0 radical (unpaired) electrons. The van der Waals surface area contributed by atoms with E-state index in [0.717, 1.165) is 11.1 Å². The zero-order valence-corrected chi connectivity index (χ0v) is 10.2. The Balaban J connectivity index is 2.78. The van der Waals surface area contributed by atoms with Gasteiger partial charge in [0.25, 0.3) is 0 Å². The van der Waals surface area contributed by atoms with Crippen LogP contribution in [0.1, 0.15) is 23.4 Å². The molecule has 0 saturated carbocycles. The van der Waals surface area contributed by atoms with Gasteiger partial charge in [0.2, 0.25) is 0 Å². The molecular weight excluding hydrogens is 228 g/mol. The zero-order chi connectivity index (χ0) is 12.0. The summed E-state index contributed by atoms with van der Waals surface area (Å²) >= 11 is 5.99. The highest BCUT2D eigenvalue weighted by molar-refractivity contribution is 6.29. The molecule has 0 aromatic heterocycles. The fourth-order valence-electron chi connectivity index (χ4n) is 1.36. The van der Waals surface area contributed by atoms with Crippen LogP contribution in [0.2, 0.25) is 0 Å². The normalized spacial score (nSPS) is 12.2. The molecule has 0 spiro atoms. The van der Waals surface area contributed by atoms with Crippen LogP contribution in [0, 0.1) is 0 Å². The lowest BCUT2D eigenvalue weighted by Gasteiger charge is -2.10. The molecule has 0 aliphatic carbocycles. The summed E-state index contributed by atoms with van der Waals surface area (Å²) in [4.78, 5) is 11.4. The van der Waals surface area contributed by atoms with Gasteiger partial charge >= 0.3 is 5.97 Å². The molecular formula is C12H15ClO3. The number of benzene rings is 1. The van der Waals surface area contributed by atoms with Gasteiger partial charge in [-0.1, -0.05) is 24.3 Å². The highest BCUT2D eigenvalue weighted by atomic mass is 35.5. The molecule has 0 heterocycles. The van der Waals surface area contributed by atoms with Crippen molar-refractivity contribution < 1.29 is 14.3 Å². The summed E-state index contributed by atoms with van der Waals surface area (Å²) in [5.41, 5.74) is 1.71. The van der Waals surface area contributed by atoms with Crippen molar-refractivity contribution in [2.24, 2.45) is 0 Å². The Morgan fingerprint density at radius 2 is 2.25 bits per heavy atom. The number of rotatable bonds is 5. The molecule has 0 aliphatic heterocycles. The van der Waals surface area contributed by atoms with Crippen LogP contribution in [0.3, 0.4) is 0 Å². The standard InChI is InChI=1S/C12H15ClO3/c1-3-16-12(14)11(13)10-6-4-5-9(7-10)8-15-2/h4-7,11H,3,8H2,1-2H3. The van der Waals surface area contributed by atoms with Crippen LogP contribution in [0.4, 0.5) is 0 Å². The highest BCUT2D eigenvalue weighted by Crippen LogP contribution is 2.23. The molecule has 0 amide bonds. The first-order valence-corrected chi connectivity index (χ1v) is 5.51. The van der Waals surface area contributed by atoms with Crippen molar-refractivity contribution >= 4 is 17.6 Å². The Morgan fingerprint density at radius 1 is 1.50 bits per heavy atom. The Labute approximate surface area is 100 Å². The predicted molar refractivity (Wildman–Crippen MR) is 62.4 cm³/mol. The van der Waals surface area contributed by atoms with Gasteiger partial charge in [-0.25, -0.2) is 0 Å². The number of hydrogen-bond donors (Lipinski definition) is 0. The molecule has 0 N–H and O–H groups in total. The average molecular weight is 243 g/mol. The van der Waals surface area contributed by atoms with Gasteiger partial charge < -0.3 is 9.47 Å². The van der Waals surface area contributed by atoms with Crippen LogP contribution in [0.25, 0.3) is 0 Å². The number of carbonyl (C=O) groups is 1. The number of carbonyl (C=O) groups excluding carboxylic acids is 1. The highest BCUT2D eigenvalue weighted by Gasteiger charge is 2.18. The molecule has 1 rings (SSSR count). The average Bonchev–Trinajstić information content (AvgIpc) is 2.29. The van der Waals surface area contributed by atoms with Crippen LogP contribution in [-0.4, -0.2) is 19.7 Å². The van der Waals surface area contributed by atoms with Crippen LogP contribution in [0.15, 0.2) is 24.3 Å². The topological polar surface area (TPSA) is 35.5 Å². The fraction of sp³-hybridized carbons (Fsp3) is 0.417. The summed E-state index contributed by atoms with van der Waals surface area (Å²) in [5.74, 6) is -0.418. The van der Waals surface area contributed by atoms with E-state index in [1.165, 1.54) is 0 Å². The van der Waals surface area contributed by atoms with E-state index in [1.807, 2.05) is 18.2 Å². The Bertz CT molecular complexity index is 352. The maximum absolute atomic E-state index is 11.4.